The Hall–Kier alpha value is -1.25. The van der Waals surface area contributed by atoms with E-state index in [-0.39, 0.29) is 11.8 Å². The van der Waals surface area contributed by atoms with Crippen molar-refractivity contribution in [1.82, 2.24) is 5.32 Å². The van der Waals surface area contributed by atoms with E-state index in [0.717, 1.165) is 12.8 Å². The summed E-state index contributed by atoms with van der Waals surface area (Å²) in [6.07, 6.45) is 3.25. The van der Waals surface area contributed by atoms with Gasteiger partial charge in [0.1, 0.15) is 0 Å². The van der Waals surface area contributed by atoms with Crippen LogP contribution in [-0.2, 0) is 9.53 Å². The fourth-order valence-electron chi connectivity index (χ4n) is 0.971. The topological polar surface area (TPSA) is 38.3 Å². The molecular weight excluding hydrogens is 190 g/mol. The molecule has 0 spiro atoms. The monoisotopic (exact) mass is 211 g/mol. The van der Waals surface area contributed by atoms with E-state index in [1.807, 2.05) is 13.8 Å². The van der Waals surface area contributed by atoms with E-state index in [1.165, 1.54) is 6.26 Å². The van der Waals surface area contributed by atoms with Crippen molar-refractivity contribution in [3.63, 3.8) is 0 Å². The minimum atomic E-state index is -0.0466. The summed E-state index contributed by atoms with van der Waals surface area (Å²) in [4.78, 5) is 11.4. The molecule has 3 nitrogen and oxygen atoms in total. The number of carbonyl (C=O) groups is 1. The third-order valence-electron chi connectivity index (χ3n) is 2.08. The van der Waals surface area contributed by atoms with Gasteiger partial charge in [0, 0.05) is 12.1 Å². The molecule has 0 aliphatic heterocycles. The number of ether oxygens (including phenoxy) is 1. The fraction of sp³-hybridized carbons (Fsp3) is 0.583. The van der Waals surface area contributed by atoms with Crippen LogP contribution in [0.5, 0.6) is 0 Å². The molecule has 0 atom stereocenters. The number of carbonyl (C=O) groups excluding carboxylic acids is 1. The quantitative estimate of drug-likeness (QED) is 0.380. The Kier molecular flexibility index (Phi) is 7.42. The Balaban J connectivity index is 3.47. The van der Waals surface area contributed by atoms with Crippen molar-refractivity contribution in [1.29, 1.82) is 0 Å². The van der Waals surface area contributed by atoms with Gasteiger partial charge in [-0.25, -0.2) is 0 Å². The summed E-state index contributed by atoms with van der Waals surface area (Å²) in [5.74, 6) is 0.156. The van der Waals surface area contributed by atoms with Gasteiger partial charge in [-0.05, 0) is 18.8 Å². The van der Waals surface area contributed by atoms with Crippen LogP contribution >= 0.6 is 0 Å². The maximum atomic E-state index is 11.4. The lowest BCUT2D eigenvalue weighted by Gasteiger charge is -2.09. The summed E-state index contributed by atoms with van der Waals surface area (Å²) in [5, 5.41) is 2.82. The van der Waals surface area contributed by atoms with Gasteiger partial charge in [-0.15, -0.1) is 0 Å². The van der Waals surface area contributed by atoms with Crippen LogP contribution in [0.25, 0.3) is 0 Å². The van der Waals surface area contributed by atoms with E-state index < -0.39 is 0 Å². The molecule has 0 saturated heterocycles. The summed E-state index contributed by atoms with van der Waals surface area (Å²) in [6.45, 7) is 12.4. The second kappa shape index (κ2) is 8.09. The summed E-state index contributed by atoms with van der Waals surface area (Å²) in [7, 11) is 0. The van der Waals surface area contributed by atoms with Gasteiger partial charge in [0.25, 0.3) is 0 Å². The number of unbranched alkanes of at least 4 members (excludes halogenated alkanes) is 1. The van der Waals surface area contributed by atoms with Crippen LogP contribution in [0.2, 0.25) is 0 Å². The molecule has 0 saturated carbocycles. The molecule has 3 heteroatoms. The lowest BCUT2D eigenvalue weighted by atomic mass is 10.1. The molecule has 15 heavy (non-hydrogen) atoms. The van der Waals surface area contributed by atoms with Crippen LogP contribution in [0.4, 0.5) is 0 Å². The second-order valence-corrected chi connectivity index (χ2v) is 3.68. The van der Waals surface area contributed by atoms with Gasteiger partial charge in [-0.2, -0.15) is 0 Å². The van der Waals surface area contributed by atoms with Crippen LogP contribution in [0.15, 0.2) is 25.0 Å². The van der Waals surface area contributed by atoms with E-state index in [4.69, 9.17) is 4.74 Å². The van der Waals surface area contributed by atoms with Crippen molar-refractivity contribution in [3.05, 3.63) is 25.0 Å². The molecule has 0 radical (unpaired) electrons. The van der Waals surface area contributed by atoms with Crippen LogP contribution in [0, 0.1) is 5.92 Å². The molecule has 0 aromatic heterocycles. The number of rotatable bonds is 8. The average molecular weight is 211 g/mol. The third kappa shape index (κ3) is 6.77. The van der Waals surface area contributed by atoms with Crippen molar-refractivity contribution in [2.75, 3.05) is 13.2 Å². The van der Waals surface area contributed by atoms with Gasteiger partial charge in [0.05, 0.1) is 12.9 Å². The third-order valence-corrected chi connectivity index (χ3v) is 2.08. The SMILES string of the molecule is C=COCCCCNC(=O)C(=C)C(C)C. The second-order valence-electron chi connectivity index (χ2n) is 3.68. The van der Waals surface area contributed by atoms with Gasteiger partial charge in [0.2, 0.25) is 5.91 Å². The minimum absolute atomic E-state index is 0.0466. The first-order valence-corrected chi connectivity index (χ1v) is 5.29. The molecule has 0 heterocycles. The summed E-state index contributed by atoms with van der Waals surface area (Å²) in [6, 6.07) is 0. The summed E-state index contributed by atoms with van der Waals surface area (Å²) in [5.41, 5.74) is 0.636. The number of nitrogens with one attached hydrogen (secondary N) is 1. The molecule has 0 aliphatic rings. The van der Waals surface area contributed by atoms with Crippen molar-refractivity contribution in [3.8, 4) is 0 Å². The molecule has 0 aromatic rings. The van der Waals surface area contributed by atoms with Crippen molar-refractivity contribution in [2.45, 2.75) is 26.7 Å². The summed E-state index contributed by atoms with van der Waals surface area (Å²) >= 11 is 0. The van der Waals surface area contributed by atoms with Gasteiger partial charge in [-0.3, -0.25) is 4.79 Å². The van der Waals surface area contributed by atoms with Crippen molar-refractivity contribution in [2.24, 2.45) is 5.92 Å². The average Bonchev–Trinajstić information content (AvgIpc) is 2.21. The lowest BCUT2D eigenvalue weighted by molar-refractivity contribution is -0.117. The highest BCUT2D eigenvalue weighted by atomic mass is 16.5. The minimum Gasteiger partial charge on any atom is -0.502 e. The molecule has 86 valence electrons. The molecule has 0 fully saturated rings. The van der Waals surface area contributed by atoms with Gasteiger partial charge in [-0.1, -0.05) is 27.0 Å². The predicted octanol–water partition coefficient (Wildman–Crippen LogP) is 2.26. The van der Waals surface area contributed by atoms with Crippen molar-refractivity contribution >= 4 is 5.91 Å². The highest BCUT2D eigenvalue weighted by Crippen LogP contribution is 2.05. The fourth-order valence-corrected chi connectivity index (χ4v) is 0.971. The highest BCUT2D eigenvalue weighted by molar-refractivity contribution is 5.93. The van der Waals surface area contributed by atoms with E-state index in [1.54, 1.807) is 0 Å². The lowest BCUT2D eigenvalue weighted by Crippen LogP contribution is -2.27. The zero-order chi connectivity index (χ0) is 11.7. The Bertz CT molecular complexity index is 222. The van der Waals surface area contributed by atoms with Gasteiger partial charge in [0.15, 0.2) is 0 Å². The Morgan fingerprint density at radius 3 is 2.67 bits per heavy atom. The Morgan fingerprint density at radius 2 is 2.13 bits per heavy atom. The van der Waals surface area contributed by atoms with E-state index in [9.17, 15) is 4.79 Å². The molecular formula is C12H21NO2. The number of hydrogen-bond donors (Lipinski definition) is 1. The summed E-state index contributed by atoms with van der Waals surface area (Å²) < 4.78 is 4.96. The molecule has 0 unspecified atom stereocenters. The van der Waals surface area contributed by atoms with E-state index in [0.29, 0.717) is 18.7 Å². The zero-order valence-corrected chi connectivity index (χ0v) is 9.71. The van der Waals surface area contributed by atoms with Crippen LogP contribution in [-0.4, -0.2) is 19.1 Å². The number of amides is 1. The molecule has 0 aromatic carbocycles. The largest absolute Gasteiger partial charge is 0.502 e. The first-order chi connectivity index (χ1) is 7.09. The highest BCUT2D eigenvalue weighted by Gasteiger charge is 2.08. The van der Waals surface area contributed by atoms with Crippen LogP contribution in [0.3, 0.4) is 0 Å². The first kappa shape index (κ1) is 13.8. The standard InChI is InChI=1S/C12H21NO2/c1-5-15-9-7-6-8-13-12(14)11(4)10(2)3/h5,10H,1,4,6-9H2,2-3H3,(H,13,14). The van der Waals surface area contributed by atoms with Gasteiger partial charge < -0.3 is 10.1 Å². The van der Waals surface area contributed by atoms with Gasteiger partial charge >= 0.3 is 0 Å². The van der Waals surface area contributed by atoms with E-state index >= 15 is 0 Å². The van der Waals surface area contributed by atoms with Crippen LogP contribution < -0.4 is 5.32 Å². The molecule has 1 amide bonds. The zero-order valence-electron chi connectivity index (χ0n) is 9.71. The molecule has 0 aliphatic carbocycles. The smallest absolute Gasteiger partial charge is 0.246 e. The maximum Gasteiger partial charge on any atom is 0.246 e. The molecule has 0 bridgehead atoms. The Morgan fingerprint density at radius 1 is 1.47 bits per heavy atom. The van der Waals surface area contributed by atoms with Crippen molar-refractivity contribution < 1.29 is 9.53 Å². The van der Waals surface area contributed by atoms with Crippen LogP contribution in [0.1, 0.15) is 26.7 Å². The predicted molar refractivity (Wildman–Crippen MR) is 62.4 cm³/mol. The number of hydrogen-bond acceptors (Lipinski definition) is 2. The first-order valence-electron chi connectivity index (χ1n) is 5.29. The Labute approximate surface area is 92.2 Å². The van der Waals surface area contributed by atoms with E-state index in [2.05, 4.69) is 18.5 Å². The maximum absolute atomic E-state index is 11.4. The molecule has 1 N–H and O–H groups in total. The molecule has 0 rings (SSSR count). The normalized spacial score (nSPS) is 9.80.